The van der Waals surface area contributed by atoms with Gasteiger partial charge in [0.15, 0.2) is 0 Å². The van der Waals surface area contributed by atoms with Crippen LogP contribution in [0, 0.1) is 12.8 Å². The highest BCUT2D eigenvalue weighted by Crippen LogP contribution is 2.26. The molecule has 0 aliphatic carbocycles. The van der Waals surface area contributed by atoms with E-state index >= 15 is 0 Å². The molecular formula is C30H51N3O4. The molecule has 0 fully saturated rings. The Labute approximate surface area is 225 Å². The topological polar surface area (TPSA) is 87.7 Å². The number of unbranched alkanes of at least 4 members (excludes halogenated alkanes) is 5. The van der Waals surface area contributed by atoms with Gasteiger partial charge in [0.05, 0.1) is 0 Å². The molecule has 0 bridgehead atoms. The van der Waals surface area contributed by atoms with E-state index in [1.165, 1.54) is 0 Å². The molecule has 0 saturated heterocycles. The number of rotatable bonds is 15. The SMILES string of the molecule is CCCCCCCN(C(=O)C(NC(=O)OC(C)(C)C)C(C)C)C(C(=O)NCCCC)c1cccc(C)c1. The van der Waals surface area contributed by atoms with Crippen molar-refractivity contribution in [3.8, 4) is 0 Å². The number of alkyl carbamates (subject to hydrolysis) is 1. The summed E-state index contributed by atoms with van der Waals surface area (Å²) in [6.07, 6.45) is 6.30. The van der Waals surface area contributed by atoms with Crippen LogP contribution < -0.4 is 10.6 Å². The van der Waals surface area contributed by atoms with Gasteiger partial charge in [0.25, 0.3) is 0 Å². The second kappa shape index (κ2) is 16.3. The molecule has 0 aliphatic heterocycles. The zero-order chi connectivity index (χ0) is 28.0. The standard InChI is InChI=1S/C30H51N3O4/c1-9-11-13-14-15-20-33(28(35)25(22(3)4)32-29(36)37-30(6,7)8)26(27(34)31-19-12-10-2)24-18-16-17-23(5)21-24/h16-18,21-22,25-26H,9-15,19-20H2,1-8H3,(H,31,34)(H,32,36). The molecule has 0 aromatic heterocycles. The van der Waals surface area contributed by atoms with Crippen LogP contribution in [0.4, 0.5) is 4.79 Å². The fourth-order valence-electron chi connectivity index (χ4n) is 4.18. The lowest BCUT2D eigenvalue weighted by atomic mass is 9.97. The highest BCUT2D eigenvalue weighted by atomic mass is 16.6. The van der Waals surface area contributed by atoms with Crippen LogP contribution in [-0.4, -0.2) is 47.5 Å². The van der Waals surface area contributed by atoms with Crippen molar-refractivity contribution in [2.45, 2.75) is 118 Å². The lowest BCUT2D eigenvalue weighted by molar-refractivity contribution is -0.143. The van der Waals surface area contributed by atoms with Crippen molar-refractivity contribution in [1.82, 2.24) is 15.5 Å². The van der Waals surface area contributed by atoms with Crippen molar-refractivity contribution in [3.05, 3.63) is 35.4 Å². The number of hydrogen-bond acceptors (Lipinski definition) is 4. The van der Waals surface area contributed by atoms with Gasteiger partial charge in [0.2, 0.25) is 11.8 Å². The van der Waals surface area contributed by atoms with E-state index < -0.39 is 23.8 Å². The molecule has 7 nitrogen and oxygen atoms in total. The molecule has 2 atom stereocenters. The van der Waals surface area contributed by atoms with Crippen LogP contribution in [0.15, 0.2) is 24.3 Å². The summed E-state index contributed by atoms with van der Waals surface area (Å²) >= 11 is 0. The first-order valence-electron chi connectivity index (χ1n) is 14.1. The van der Waals surface area contributed by atoms with Crippen LogP contribution in [-0.2, 0) is 14.3 Å². The van der Waals surface area contributed by atoms with Gasteiger partial charge in [-0.05, 0) is 52.0 Å². The second-order valence-electron chi connectivity index (χ2n) is 11.3. The molecule has 1 aromatic carbocycles. The molecule has 0 heterocycles. The maximum Gasteiger partial charge on any atom is 0.408 e. The molecular weight excluding hydrogens is 466 g/mol. The van der Waals surface area contributed by atoms with Crippen molar-refractivity contribution < 1.29 is 19.1 Å². The number of benzene rings is 1. The van der Waals surface area contributed by atoms with Crippen LogP contribution in [0.25, 0.3) is 0 Å². The molecule has 0 aliphatic rings. The third-order valence-corrected chi connectivity index (χ3v) is 6.14. The molecule has 210 valence electrons. The summed E-state index contributed by atoms with van der Waals surface area (Å²) in [5.74, 6) is -0.654. The van der Waals surface area contributed by atoms with Gasteiger partial charge < -0.3 is 20.3 Å². The Balaban J connectivity index is 3.39. The zero-order valence-corrected chi connectivity index (χ0v) is 24.5. The lowest BCUT2D eigenvalue weighted by Gasteiger charge is -2.36. The summed E-state index contributed by atoms with van der Waals surface area (Å²) in [6.45, 7) is 16.4. The van der Waals surface area contributed by atoms with Crippen molar-refractivity contribution in [1.29, 1.82) is 0 Å². The largest absolute Gasteiger partial charge is 0.444 e. The Kier molecular flexibility index (Phi) is 14.3. The number of nitrogens with one attached hydrogen (secondary N) is 2. The van der Waals surface area contributed by atoms with E-state index in [4.69, 9.17) is 4.74 Å². The number of carbonyl (C=O) groups excluding carboxylic acids is 3. The van der Waals surface area contributed by atoms with Gasteiger partial charge in [0.1, 0.15) is 17.7 Å². The van der Waals surface area contributed by atoms with Gasteiger partial charge >= 0.3 is 6.09 Å². The first-order valence-corrected chi connectivity index (χ1v) is 14.1. The predicted molar refractivity (Wildman–Crippen MR) is 150 cm³/mol. The number of ether oxygens (including phenoxy) is 1. The highest BCUT2D eigenvalue weighted by molar-refractivity contribution is 5.92. The van der Waals surface area contributed by atoms with Gasteiger partial charge in [-0.3, -0.25) is 9.59 Å². The maximum absolute atomic E-state index is 14.1. The number of aryl methyl sites for hydroxylation is 1. The third kappa shape index (κ3) is 12.0. The first-order chi connectivity index (χ1) is 17.4. The van der Waals surface area contributed by atoms with Crippen LogP contribution in [0.2, 0.25) is 0 Å². The van der Waals surface area contributed by atoms with Gasteiger partial charge in [-0.2, -0.15) is 0 Å². The number of nitrogens with zero attached hydrogens (tertiary/aromatic N) is 1. The van der Waals surface area contributed by atoms with Crippen molar-refractivity contribution in [3.63, 3.8) is 0 Å². The molecule has 0 saturated carbocycles. The molecule has 0 spiro atoms. The van der Waals surface area contributed by atoms with Gasteiger partial charge in [-0.1, -0.05) is 89.6 Å². The summed E-state index contributed by atoms with van der Waals surface area (Å²) in [6, 6.07) is 6.17. The summed E-state index contributed by atoms with van der Waals surface area (Å²) in [5.41, 5.74) is 1.11. The molecule has 2 unspecified atom stereocenters. The normalized spacial score (nSPS) is 13.1. The molecule has 1 rings (SSSR count). The molecule has 37 heavy (non-hydrogen) atoms. The smallest absolute Gasteiger partial charge is 0.408 e. The predicted octanol–water partition coefficient (Wildman–Crippen LogP) is 6.30. The Morgan fingerprint density at radius 1 is 0.973 bits per heavy atom. The molecule has 7 heteroatoms. The Bertz CT molecular complexity index is 847. The monoisotopic (exact) mass is 517 g/mol. The summed E-state index contributed by atoms with van der Waals surface area (Å²) < 4.78 is 5.45. The quantitative estimate of drug-likeness (QED) is 0.267. The highest BCUT2D eigenvalue weighted by Gasteiger charge is 2.37. The minimum absolute atomic E-state index is 0.191. The molecule has 2 N–H and O–H groups in total. The molecule has 3 amide bonds. The van der Waals surface area contributed by atoms with Gasteiger partial charge in [0, 0.05) is 13.1 Å². The minimum Gasteiger partial charge on any atom is -0.444 e. The minimum atomic E-state index is -0.818. The number of amides is 3. The van der Waals surface area contributed by atoms with E-state index in [1.54, 1.807) is 25.7 Å². The van der Waals surface area contributed by atoms with Crippen LogP contribution in [0.1, 0.15) is 111 Å². The fourth-order valence-corrected chi connectivity index (χ4v) is 4.18. The average molecular weight is 518 g/mol. The van der Waals surface area contributed by atoms with E-state index in [0.29, 0.717) is 13.1 Å². The van der Waals surface area contributed by atoms with Crippen molar-refractivity contribution in [2.24, 2.45) is 5.92 Å². The van der Waals surface area contributed by atoms with Crippen LogP contribution in [0.5, 0.6) is 0 Å². The van der Waals surface area contributed by atoms with Crippen molar-refractivity contribution in [2.75, 3.05) is 13.1 Å². The summed E-state index contributed by atoms with van der Waals surface area (Å²) in [7, 11) is 0. The fraction of sp³-hybridized carbons (Fsp3) is 0.700. The van der Waals surface area contributed by atoms with Gasteiger partial charge in [-0.25, -0.2) is 4.79 Å². The Hall–Kier alpha value is -2.57. The first kappa shape index (κ1) is 32.5. The van der Waals surface area contributed by atoms with E-state index in [1.807, 2.05) is 45.0 Å². The number of carbonyl (C=O) groups is 3. The van der Waals surface area contributed by atoms with E-state index in [0.717, 1.165) is 56.1 Å². The molecule has 1 aromatic rings. The summed E-state index contributed by atoms with van der Waals surface area (Å²) in [5, 5.41) is 5.83. The zero-order valence-electron chi connectivity index (χ0n) is 24.5. The summed E-state index contributed by atoms with van der Waals surface area (Å²) in [4.78, 5) is 42.0. The third-order valence-electron chi connectivity index (χ3n) is 6.14. The van der Waals surface area contributed by atoms with E-state index in [2.05, 4.69) is 24.5 Å². The average Bonchev–Trinajstić information content (AvgIpc) is 2.80. The van der Waals surface area contributed by atoms with Gasteiger partial charge in [-0.15, -0.1) is 0 Å². The van der Waals surface area contributed by atoms with Crippen LogP contribution >= 0.6 is 0 Å². The Morgan fingerprint density at radius 3 is 2.19 bits per heavy atom. The van der Waals surface area contributed by atoms with E-state index in [-0.39, 0.29) is 17.7 Å². The molecule has 0 radical (unpaired) electrons. The lowest BCUT2D eigenvalue weighted by Crippen LogP contribution is -2.55. The maximum atomic E-state index is 14.1. The number of hydrogen-bond donors (Lipinski definition) is 2. The van der Waals surface area contributed by atoms with E-state index in [9.17, 15) is 14.4 Å². The second-order valence-corrected chi connectivity index (χ2v) is 11.3. The van der Waals surface area contributed by atoms with Crippen LogP contribution in [0.3, 0.4) is 0 Å². The van der Waals surface area contributed by atoms with Crippen molar-refractivity contribution >= 4 is 17.9 Å². The Morgan fingerprint density at radius 2 is 1.62 bits per heavy atom.